The molecular formula is C21H34O3. The quantitative estimate of drug-likeness (QED) is 0.468. The molecule has 4 saturated carbocycles. The normalized spacial score (nSPS) is 38.1. The Morgan fingerprint density at radius 3 is 2.25 bits per heavy atom. The largest absolute Gasteiger partial charge is 0.455 e. The van der Waals surface area contributed by atoms with Crippen LogP contribution in [-0.2, 0) is 14.3 Å². The summed E-state index contributed by atoms with van der Waals surface area (Å²) in [5.74, 6) is 2.72. The van der Waals surface area contributed by atoms with Crippen molar-refractivity contribution in [2.24, 2.45) is 23.7 Å². The van der Waals surface area contributed by atoms with Crippen LogP contribution in [0, 0.1) is 23.7 Å². The molecule has 0 heterocycles. The number of hydrogen-bond donors (Lipinski definition) is 0. The van der Waals surface area contributed by atoms with Crippen LogP contribution in [0.3, 0.4) is 0 Å². The fraction of sp³-hybridized carbons (Fsp3) is 0.857. The lowest BCUT2D eigenvalue weighted by atomic mass is 9.49. The molecule has 4 bridgehead atoms. The Morgan fingerprint density at radius 1 is 1.17 bits per heavy atom. The molecule has 0 N–H and O–H groups in total. The highest BCUT2D eigenvalue weighted by Gasteiger charge is 2.59. The zero-order valence-corrected chi connectivity index (χ0v) is 15.7. The first-order chi connectivity index (χ1) is 11.4. The highest BCUT2D eigenvalue weighted by molar-refractivity contribution is 5.87. The van der Waals surface area contributed by atoms with Crippen molar-refractivity contribution in [3.63, 3.8) is 0 Å². The van der Waals surface area contributed by atoms with Gasteiger partial charge in [0, 0.05) is 12.2 Å². The number of hydrogen-bond acceptors (Lipinski definition) is 3. The highest BCUT2D eigenvalue weighted by Crippen LogP contribution is 2.61. The van der Waals surface area contributed by atoms with E-state index >= 15 is 0 Å². The van der Waals surface area contributed by atoms with E-state index in [0.29, 0.717) is 23.5 Å². The second kappa shape index (κ2) is 7.19. The molecule has 4 aliphatic carbocycles. The average molecular weight is 335 g/mol. The summed E-state index contributed by atoms with van der Waals surface area (Å²) in [6, 6.07) is 0. The van der Waals surface area contributed by atoms with Gasteiger partial charge in [0.2, 0.25) is 0 Å². The fourth-order valence-electron chi connectivity index (χ4n) is 5.90. The van der Waals surface area contributed by atoms with Crippen molar-refractivity contribution >= 4 is 5.97 Å². The molecule has 24 heavy (non-hydrogen) atoms. The van der Waals surface area contributed by atoms with Gasteiger partial charge in [-0.2, -0.15) is 0 Å². The predicted molar refractivity (Wildman–Crippen MR) is 95.6 cm³/mol. The Bertz CT molecular complexity index is 453. The van der Waals surface area contributed by atoms with Crippen molar-refractivity contribution in [3.8, 4) is 0 Å². The lowest BCUT2D eigenvalue weighted by Gasteiger charge is -2.60. The van der Waals surface area contributed by atoms with Gasteiger partial charge in [-0.05, 0) is 95.8 Å². The van der Waals surface area contributed by atoms with Crippen molar-refractivity contribution in [3.05, 3.63) is 12.2 Å². The molecule has 3 nitrogen and oxygen atoms in total. The highest BCUT2D eigenvalue weighted by atomic mass is 16.6. The molecule has 4 fully saturated rings. The summed E-state index contributed by atoms with van der Waals surface area (Å²) in [6.45, 7) is 10.5. The summed E-state index contributed by atoms with van der Waals surface area (Å²) in [5.41, 5.74) is 0.306. The van der Waals surface area contributed by atoms with Crippen molar-refractivity contribution < 1.29 is 14.3 Å². The lowest BCUT2D eigenvalue weighted by Crippen LogP contribution is -2.59. The van der Waals surface area contributed by atoms with E-state index in [1.807, 2.05) is 6.92 Å². The van der Waals surface area contributed by atoms with Crippen LogP contribution in [0.1, 0.15) is 72.1 Å². The van der Waals surface area contributed by atoms with Crippen LogP contribution in [0.4, 0.5) is 0 Å². The Morgan fingerprint density at radius 2 is 1.75 bits per heavy atom. The van der Waals surface area contributed by atoms with E-state index < -0.39 is 0 Å². The maximum Gasteiger partial charge on any atom is 0.333 e. The van der Waals surface area contributed by atoms with Crippen LogP contribution in [-0.4, -0.2) is 24.3 Å². The van der Waals surface area contributed by atoms with Gasteiger partial charge in [0.25, 0.3) is 0 Å². The standard InChI is InChI=1S/C21H34O3/c1-5-23-15(4)7-6-8-21(24-20(22)14(2)3)18-10-16-9-17(12-18)13-19(21)11-16/h15-19H,2,5-13H2,1,3-4H3. The molecule has 136 valence electrons. The monoisotopic (exact) mass is 334 g/mol. The third-order valence-electron chi connectivity index (χ3n) is 6.78. The Kier molecular flexibility index (Phi) is 5.39. The summed E-state index contributed by atoms with van der Waals surface area (Å²) in [4.78, 5) is 12.4. The molecule has 0 spiro atoms. The summed E-state index contributed by atoms with van der Waals surface area (Å²) >= 11 is 0. The van der Waals surface area contributed by atoms with E-state index in [1.165, 1.54) is 32.1 Å². The van der Waals surface area contributed by atoms with Gasteiger partial charge in [-0.1, -0.05) is 6.58 Å². The van der Waals surface area contributed by atoms with Gasteiger partial charge in [0.1, 0.15) is 5.60 Å². The van der Waals surface area contributed by atoms with E-state index in [-0.39, 0.29) is 11.6 Å². The molecule has 1 unspecified atom stereocenters. The molecule has 0 aromatic heterocycles. The molecule has 0 radical (unpaired) electrons. The van der Waals surface area contributed by atoms with Crippen molar-refractivity contribution in [1.82, 2.24) is 0 Å². The van der Waals surface area contributed by atoms with Crippen molar-refractivity contribution in [1.29, 1.82) is 0 Å². The lowest BCUT2D eigenvalue weighted by molar-refractivity contribution is -0.209. The molecule has 0 aliphatic heterocycles. The van der Waals surface area contributed by atoms with E-state index in [0.717, 1.165) is 37.7 Å². The van der Waals surface area contributed by atoms with Gasteiger partial charge in [-0.3, -0.25) is 0 Å². The van der Waals surface area contributed by atoms with E-state index in [1.54, 1.807) is 6.92 Å². The number of ether oxygens (including phenoxy) is 2. The molecule has 1 atom stereocenters. The van der Waals surface area contributed by atoms with Crippen LogP contribution in [0.25, 0.3) is 0 Å². The molecule has 0 saturated heterocycles. The Labute approximate surface area is 147 Å². The summed E-state index contributed by atoms with van der Waals surface area (Å²) in [5, 5.41) is 0. The number of rotatable bonds is 8. The average Bonchev–Trinajstić information content (AvgIpc) is 2.51. The van der Waals surface area contributed by atoms with Crippen LogP contribution in [0.15, 0.2) is 12.2 Å². The minimum absolute atomic E-state index is 0.180. The second-order valence-electron chi connectivity index (χ2n) is 8.59. The third kappa shape index (κ3) is 3.42. The summed E-state index contributed by atoms with van der Waals surface area (Å²) in [6.07, 6.45) is 9.88. The summed E-state index contributed by atoms with van der Waals surface area (Å²) < 4.78 is 11.9. The molecule has 3 heteroatoms. The number of carbonyl (C=O) groups excluding carboxylic acids is 1. The van der Waals surface area contributed by atoms with Crippen LogP contribution >= 0.6 is 0 Å². The molecule has 0 amide bonds. The maximum absolute atomic E-state index is 12.4. The van der Waals surface area contributed by atoms with Crippen molar-refractivity contribution in [2.45, 2.75) is 83.8 Å². The van der Waals surface area contributed by atoms with E-state index in [9.17, 15) is 4.79 Å². The van der Waals surface area contributed by atoms with E-state index in [2.05, 4.69) is 13.5 Å². The molecule has 0 aromatic rings. The number of carbonyl (C=O) groups is 1. The third-order valence-corrected chi connectivity index (χ3v) is 6.78. The first-order valence-electron chi connectivity index (χ1n) is 9.95. The van der Waals surface area contributed by atoms with Crippen LogP contribution in [0.5, 0.6) is 0 Å². The summed E-state index contributed by atoms with van der Waals surface area (Å²) in [7, 11) is 0. The van der Waals surface area contributed by atoms with Crippen LogP contribution in [0.2, 0.25) is 0 Å². The Balaban J connectivity index is 1.72. The minimum atomic E-state index is -0.227. The molecule has 4 aliphatic rings. The van der Waals surface area contributed by atoms with Gasteiger partial charge in [0.15, 0.2) is 0 Å². The van der Waals surface area contributed by atoms with Gasteiger partial charge < -0.3 is 9.47 Å². The van der Waals surface area contributed by atoms with Gasteiger partial charge >= 0.3 is 5.97 Å². The second-order valence-corrected chi connectivity index (χ2v) is 8.59. The molecule has 0 aromatic carbocycles. The first kappa shape index (κ1) is 18.0. The molecular weight excluding hydrogens is 300 g/mol. The SMILES string of the molecule is C=C(C)C(=O)OC1(CCCC(C)OCC)C2CC3CC(C2)CC1C3. The minimum Gasteiger partial charge on any atom is -0.455 e. The zero-order chi connectivity index (χ0) is 17.3. The van der Waals surface area contributed by atoms with Crippen molar-refractivity contribution in [2.75, 3.05) is 6.61 Å². The van der Waals surface area contributed by atoms with Gasteiger partial charge in [-0.25, -0.2) is 4.79 Å². The van der Waals surface area contributed by atoms with Gasteiger partial charge in [-0.15, -0.1) is 0 Å². The fourth-order valence-corrected chi connectivity index (χ4v) is 5.90. The maximum atomic E-state index is 12.4. The first-order valence-corrected chi connectivity index (χ1v) is 9.95. The smallest absolute Gasteiger partial charge is 0.333 e. The van der Waals surface area contributed by atoms with Crippen LogP contribution < -0.4 is 0 Å². The van der Waals surface area contributed by atoms with Gasteiger partial charge in [0.05, 0.1) is 6.10 Å². The number of esters is 1. The topological polar surface area (TPSA) is 35.5 Å². The Hall–Kier alpha value is -0.830. The predicted octanol–water partition coefficient (Wildman–Crippen LogP) is 4.90. The zero-order valence-electron chi connectivity index (χ0n) is 15.7. The molecule has 4 rings (SSSR count). The van der Waals surface area contributed by atoms with E-state index in [4.69, 9.17) is 9.47 Å².